The van der Waals surface area contributed by atoms with Gasteiger partial charge in [-0.15, -0.1) is 0 Å². The lowest BCUT2D eigenvalue weighted by Gasteiger charge is -2.33. The van der Waals surface area contributed by atoms with E-state index in [1.807, 2.05) is 0 Å². The highest BCUT2D eigenvalue weighted by Gasteiger charge is 2.32. The van der Waals surface area contributed by atoms with E-state index in [0.717, 1.165) is 39.0 Å². The molecule has 2 fully saturated rings. The van der Waals surface area contributed by atoms with E-state index in [0.29, 0.717) is 0 Å². The highest BCUT2D eigenvalue weighted by molar-refractivity contribution is 4.88. The largest absolute Gasteiger partial charge is 0.389 e. The molecule has 1 unspecified atom stereocenters. The number of aliphatic hydroxyl groups is 1. The second-order valence-corrected chi connectivity index (χ2v) is 5.79. The first kappa shape index (κ1) is 12.3. The van der Waals surface area contributed by atoms with Gasteiger partial charge in [0, 0.05) is 19.7 Å². The van der Waals surface area contributed by atoms with Crippen LogP contribution in [0.15, 0.2) is 0 Å². The minimum Gasteiger partial charge on any atom is -0.389 e. The van der Waals surface area contributed by atoms with Crippen LogP contribution in [-0.4, -0.2) is 36.0 Å². The zero-order chi connectivity index (χ0) is 11.5. The maximum Gasteiger partial charge on any atom is 0.0779 e. The molecule has 0 aromatic rings. The van der Waals surface area contributed by atoms with Crippen LogP contribution >= 0.6 is 0 Å². The van der Waals surface area contributed by atoms with E-state index in [4.69, 9.17) is 4.74 Å². The quantitative estimate of drug-likeness (QED) is 0.770. The molecule has 0 aromatic heterocycles. The number of hydrogen-bond acceptors (Lipinski definition) is 3. The first-order valence-electron chi connectivity index (χ1n) is 6.69. The molecule has 1 saturated heterocycles. The van der Waals surface area contributed by atoms with Crippen molar-refractivity contribution in [2.45, 2.75) is 63.1 Å². The average molecular weight is 227 g/mol. The molecular formula is C13H25NO2. The van der Waals surface area contributed by atoms with E-state index in [-0.39, 0.29) is 5.60 Å². The summed E-state index contributed by atoms with van der Waals surface area (Å²) in [6.45, 7) is 4.65. The lowest BCUT2D eigenvalue weighted by molar-refractivity contribution is -0.0105. The minimum atomic E-state index is -0.451. The third kappa shape index (κ3) is 3.19. The summed E-state index contributed by atoms with van der Waals surface area (Å²) < 4.78 is 5.72. The Labute approximate surface area is 98.6 Å². The van der Waals surface area contributed by atoms with Gasteiger partial charge in [0.1, 0.15) is 0 Å². The maximum absolute atomic E-state index is 10.3. The van der Waals surface area contributed by atoms with Crippen LogP contribution in [0.3, 0.4) is 0 Å². The molecule has 1 saturated carbocycles. The Bertz CT molecular complexity index is 218. The van der Waals surface area contributed by atoms with Gasteiger partial charge < -0.3 is 15.2 Å². The van der Waals surface area contributed by atoms with Gasteiger partial charge in [0.25, 0.3) is 0 Å². The molecule has 1 aliphatic heterocycles. The Morgan fingerprint density at radius 2 is 1.81 bits per heavy atom. The second kappa shape index (κ2) is 5.03. The predicted octanol–water partition coefficient (Wildman–Crippen LogP) is 1.84. The van der Waals surface area contributed by atoms with Crippen LogP contribution in [0.5, 0.6) is 0 Å². The fourth-order valence-electron chi connectivity index (χ4n) is 2.92. The Kier molecular flexibility index (Phi) is 3.88. The van der Waals surface area contributed by atoms with Gasteiger partial charge in [-0.1, -0.05) is 19.3 Å². The van der Waals surface area contributed by atoms with E-state index < -0.39 is 5.60 Å². The van der Waals surface area contributed by atoms with Crippen molar-refractivity contribution in [1.29, 1.82) is 0 Å². The molecule has 0 amide bonds. The number of nitrogens with one attached hydrogen (secondary N) is 1. The molecule has 94 valence electrons. The molecule has 1 atom stereocenters. The highest BCUT2D eigenvalue weighted by Crippen LogP contribution is 2.28. The van der Waals surface area contributed by atoms with Gasteiger partial charge in [-0.3, -0.25) is 0 Å². The smallest absolute Gasteiger partial charge is 0.0779 e. The second-order valence-electron chi connectivity index (χ2n) is 5.79. The normalized spacial score (nSPS) is 34.1. The fourth-order valence-corrected chi connectivity index (χ4v) is 2.92. The summed E-state index contributed by atoms with van der Waals surface area (Å²) in [4.78, 5) is 0. The Morgan fingerprint density at radius 3 is 2.44 bits per heavy atom. The topological polar surface area (TPSA) is 41.5 Å². The molecule has 2 N–H and O–H groups in total. The van der Waals surface area contributed by atoms with Gasteiger partial charge in [0.05, 0.1) is 11.2 Å². The van der Waals surface area contributed by atoms with Crippen molar-refractivity contribution < 1.29 is 9.84 Å². The molecule has 0 bridgehead atoms. The molecule has 1 heterocycles. The van der Waals surface area contributed by atoms with Crippen LogP contribution in [0, 0.1) is 0 Å². The van der Waals surface area contributed by atoms with Crippen molar-refractivity contribution in [1.82, 2.24) is 5.32 Å². The zero-order valence-corrected chi connectivity index (χ0v) is 10.4. The van der Waals surface area contributed by atoms with Gasteiger partial charge in [0.2, 0.25) is 0 Å². The molecule has 2 rings (SSSR count). The summed E-state index contributed by atoms with van der Waals surface area (Å²) in [6.07, 6.45) is 7.84. The standard InChI is InChI=1S/C13H25NO2/c1-12(6-5-9-16-12)10-14-11-13(15)7-3-2-4-8-13/h14-15H,2-11H2,1H3. The number of hydrogen-bond donors (Lipinski definition) is 2. The molecule has 0 spiro atoms. The summed E-state index contributed by atoms with van der Waals surface area (Å²) in [7, 11) is 0. The van der Waals surface area contributed by atoms with Crippen molar-refractivity contribution in [3.05, 3.63) is 0 Å². The fraction of sp³-hybridized carbons (Fsp3) is 1.00. The van der Waals surface area contributed by atoms with Gasteiger partial charge >= 0.3 is 0 Å². The van der Waals surface area contributed by atoms with Gasteiger partial charge in [-0.25, -0.2) is 0 Å². The van der Waals surface area contributed by atoms with Crippen molar-refractivity contribution in [2.75, 3.05) is 19.7 Å². The lowest BCUT2D eigenvalue weighted by Crippen LogP contribution is -2.46. The van der Waals surface area contributed by atoms with E-state index in [1.165, 1.54) is 25.7 Å². The average Bonchev–Trinajstić information content (AvgIpc) is 2.66. The maximum atomic E-state index is 10.3. The first-order valence-corrected chi connectivity index (χ1v) is 6.69. The molecular weight excluding hydrogens is 202 g/mol. The van der Waals surface area contributed by atoms with Crippen molar-refractivity contribution in [3.63, 3.8) is 0 Å². The van der Waals surface area contributed by atoms with Crippen molar-refractivity contribution in [3.8, 4) is 0 Å². The first-order chi connectivity index (χ1) is 7.62. The minimum absolute atomic E-state index is 0.00499. The summed E-state index contributed by atoms with van der Waals surface area (Å²) >= 11 is 0. The highest BCUT2D eigenvalue weighted by atomic mass is 16.5. The Hall–Kier alpha value is -0.120. The van der Waals surface area contributed by atoms with Crippen LogP contribution in [0.4, 0.5) is 0 Å². The van der Waals surface area contributed by atoms with Crippen LogP contribution < -0.4 is 5.32 Å². The Balaban J connectivity index is 1.70. The molecule has 0 aromatic carbocycles. The molecule has 16 heavy (non-hydrogen) atoms. The number of rotatable bonds is 4. The molecule has 2 aliphatic rings. The zero-order valence-electron chi connectivity index (χ0n) is 10.4. The third-order valence-electron chi connectivity index (χ3n) is 4.04. The molecule has 1 aliphatic carbocycles. The van der Waals surface area contributed by atoms with Crippen LogP contribution in [-0.2, 0) is 4.74 Å². The SMILES string of the molecule is CC1(CNCC2(O)CCCCC2)CCCO1. The monoisotopic (exact) mass is 227 g/mol. The molecule has 3 heteroatoms. The van der Waals surface area contributed by atoms with Gasteiger partial charge in [0.15, 0.2) is 0 Å². The predicted molar refractivity (Wildman–Crippen MR) is 64.5 cm³/mol. The Morgan fingerprint density at radius 1 is 1.06 bits per heavy atom. The van der Waals surface area contributed by atoms with Crippen LogP contribution in [0.1, 0.15) is 51.9 Å². The molecule has 3 nitrogen and oxygen atoms in total. The van der Waals surface area contributed by atoms with Crippen LogP contribution in [0.2, 0.25) is 0 Å². The van der Waals surface area contributed by atoms with E-state index in [9.17, 15) is 5.11 Å². The van der Waals surface area contributed by atoms with Gasteiger partial charge in [-0.2, -0.15) is 0 Å². The van der Waals surface area contributed by atoms with E-state index >= 15 is 0 Å². The van der Waals surface area contributed by atoms with Gasteiger partial charge in [-0.05, 0) is 32.6 Å². The lowest BCUT2D eigenvalue weighted by atomic mass is 9.85. The van der Waals surface area contributed by atoms with Crippen molar-refractivity contribution >= 4 is 0 Å². The summed E-state index contributed by atoms with van der Waals surface area (Å²) in [6, 6.07) is 0. The van der Waals surface area contributed by atoms with E-state index in [2.05, 4.69) is 12.2 Å². The van der Waals surface area contributed by atoms with E-state index in [1.54, 1.807) is 0 Å². The number of ether oxygens (including phenoxy) is 1. The molecule has 0 radical (unpaired) electrons. The van der Waals surface area contributed by atoms with Crippen LogP contribution in [0.25, 0.3) is 0 Å². The summed E-state index contributed by atoms with van der Waals surface area (Å²) in [5.74, 6) is 0. The summed E-state index contributed by atoms with van der Waals surface area (Å²) in [5, 5.41) is 13.7. The summed E-state index contributed by atoms with van der Waals surface area (Å²) in [5.41, 5.74) is -0.446. The van der Waals surface area contributed by atoms with Crippen molar-refractivity contribution in [2.24, 2.45) is 0 Å². The third-order valence-corrected chi connectivity index (χ3v) is 4.04.